The van der Waals surface area contributed by atoms with Crippen molar-refractivity contribution in [3.05, 3.63) is 24.0 Å². The molecule has 1 aliphatic rings. The predicted octanol–water partition coefficient (Wildman–Crippen LogP) is 2.49. The summed E-state index contributed by atoms with van der Waals surface area (Å²) in [5, 5.41) is 10.1. The number of rotatable bonds is 3. The molecule has 6 nitrogen and oxygen atoms in total. The fraction of sp³-hybridized carbons (Fsp3) is 0.500. The first kappa shape index (κ1) is 12.9. The second-order valence-electron chi connectivity index (χ2n) is 5.46. The van der Waals surface area contributed by atoms with E-state index in [1.165, 1.54) is 12.8 Å². The predicted molar refractivity (Wildman–Crippen MR) is 79.3 cm³/mol. The van der Waals surface area contributed by atoms with Gasteiger partial charge in [-0.25, -0.2) is 4.98 Å². The third-order valence-corrected chi connectivity index (χ3v) is 3.70. The fourth-order valence-electron chi connectivity index (χ4n) is 2.43. The van der Waals surface area contributed by atoms with Crippen LogP contribution in [0, 0.1) is 12.8 Å². The number of piperidine rings is 1. The topological polar surface area (TPSA) is 69.7 Å². The lowest BCUT2D eigenvalue weighted by Gasteiger charge is -2.31. The van der Waals surface area contributed by atoms with E-state index in [-0.39, 0.29) is 0 Å². The van der Waals surface area contributed by atoms with Crippen LogP contribution in [-0.4, -0.2) is 33.3 Å². The van der Waals surface area contributed by atoms with E-state index in [1.54, 1.807) is 6.20 Å². The highest BCUT2D eigenvalue weighted by molar-refractivity contribution is 5.51. The number of anilines is 3. The van der Waals surface area contributed by atoms with Crippen molar-refractivity contribution in [1.82, 2.24) is 20.2 Å². The highest BCUT2D eigenvalue weighted by Crippen LogP contribution is 2.22. The molecular weight excluding hydrogens is 252 g/mol. The minimum absolute atomic E-state index is 0.602. The van der Waals surface area contributed by atoms with Crippen molar-refractivity contribution in [3.63, 3.8) is 0 Å². The first-order valence-corrected chi connectivity index (χ1v) is 7.08. The van der Waals surface area contributed by atoms with Crippen LogP contribution in [0.1, 0.15) is 25.5 Å². The van der Waals surface area contributed by atoms with Crippen molar-refractivity contribution in [3.8, 4) is 0 Å². The highest BCUT2D eigenvalue weighted by Gasteiger charge is 2.17. The summed E-state index contributed by atoms with van der Waals surface area (Å²) >= 11 is 0. The Hall–Kier alpha value is -2.11. The molecule has 3 heterocycles. The zero-order chi connectivity index (χ0) is 13.9. The molecule has 6 heteroatoms. The van der Waals surface area contributed by atoms with Crippen molar-refractivity contribution >= 4 is 17.6 Å². The van der Waals surface area contributed by atoms with Crippen molar-refractivity contribution in [2.75, 3.05) is 23.3 Å². The molecule has 20 heavy (non-hydrogen) atoms. The van der Waals surface area contributed by atoms with Crippen LogP contribution in [0.3, 0.4) is 0 Å². The standard InChI is InChI=1S/C14H20N6/c1-10-4-7-20(8-5-10)13-3-6-15-14(17-13)16-12-9-11(2)18-19-12/h3,6,9-10H,4-5,7-8H2,1-2H3,(H2,15,16,17,18,19). The summed E-state index contributed by atoms with van der Waals surface area (Å²) in [6.07, 6.45) is 4.25. The minimum atomic E-state index is 0.602. The van der Waals surface area contributed by atoms with Crippen LogP contribution in [0.25, 0.3) is 0 Å². The number of aryl methyl sites for hydroxylation is 1. The Morgan fingerprint density at radius 3 is 2.85 bits per heavy atom. The van der Waals surface area contributed by atoms with E-state index < -0.39 is 0 Å². The maximum absolute atomic E-state index is 4.58. The molecule has 0 bridgehead atoms. The second-order valence-corrected chi connectivity index (χ2v) is 5.46. The number of aromatic amines is 1. The molecule has 0 spiro atoms. The van der Waals surface area contributed by atoms with Crippen LogP contribution in [0.5, 0.6) is 0 Å². The summed E-state index contributed by atoms with van der Waals surface area (Å²) in [5.74, 6) is 3.22. The molecule has 0 radical (unpaired) electrons. The smallest absolute Gasteiger partial charge is 0.230 e. The number of hydrogen-bond acceptors (Lipinski definition) is 5. The van der Waals surface area contributed by atoms with Crippen molar-refractivity contribution in [1.29, 1.82) is 0 Å². The molecule has 0 aromatic carbocycles. The van der Waals surface area contributed by atoms with Gasteiger partial charge < -0.3 is 10.2 Å². The van der Waals surface area contributed by atoms with Gasteiger partial charge in [-0.1, -0.05) is 6.92 Å². The first-order chi connectivity index (χ1) is 9.70. The van der Waals surface area contributed by atoms with Gasteiger partial charge in [0, 0.05) is 25.4 Å². The lowest BCUT2D eigenvalue weighted by molar-refractivity contribution is 0.436. The number of nitrogens with zero attached hydrogens (tertiary/aromatic N) is 4. The van der Waals surface area contributed by atoms with Crippen LogP contribution in [0.4, 0.5) is 17.6 Å². The molecule has 3 rings (SSSR count). The normalized spacial score (nSPS) is 16.4. The monoisotopic (exact) mass is 272 g/mol. The van der Waals surface area contributed by atoms with Gasteiger partial charge in [-0.2, -0.15) is 10.1 Å². The van der Waals surface area contributed by atoms with E-state index in [0.29, 0.717) is 5.95 Å². The molecule has 2 aromatic heterocycles. The van der Waals surface area contributed by atoms with E-state index in [1.807, 2.05) is 19.1 Å². The lowest BCUT2D eigenvalue weighted by atomic mass is 9.99. The molecule has 0 unspecified atom stereocenters. The molecule has 1 fully saturated rings. The maximum Gasteiger partial charge on any atom is 0.230 e. The molecule has 1 aliphatic heterocycles. The van der Waals surface area contributed by atoms with Gasteiger partial charge in [-0.3, -0.25) is 5.10 Å². The quantitative estimate of drug-likeness (QED) is 0.898. The Morgan fingerprint density at radius 2 is 2.15 bits per heavy atom. The minimum Gasteiger partial charge on any atom is -0.356 e. The third-order valence-electron chi connectivity index (χ3n) is 3.70. The van der Waals surface area contributed by atoms with Crippen LogP contribution in [-0.2, 0) is 0 Å². The number of hydrogen-bond donors (Lipinski definition) is 2. The largest absolute Gasteiger partial charge is 0.356 e. The molecular formula is C14H20N6. The van der Waals surface area contributed by atoms with Gasteiger partial charge >= 0.3 is 0 Å². The van der Waals surface area contributed by atoms with E-state index >= 15 is 0 Å². The molecule has 2 N–H and O–H groups in total. The average molecular weight is 272 g/mol. The van der Waals surface area contributed by atoms with E-state index in [4.69, 9.17) is 0 Å². The van der Waals surface area contributed by atoms with Gasteiger partial charge in [0.15, 0.2) is 0 Å². The van der Waals surface area contributed by atoms with Gasteiger partial charge in [0.05, 0.1) is 5.69 Å². The summed E-state index contributed by atoms with van der Waals surface area (Å²) in [6, 6.07) is 3.90. The summed E-state index contributed by atoms with van der Waals surface area (Å²) in [4.78, 5) is 11.2. The van der Waals surface area contributed by atoms with Crippen molar-refractivity contribution < 1.29 is 0 Å². The molecule has 0 amide bonds. The fourth-order valence-corrected chi connectivity index (χ4v) is 2.43. The Balaban J connectivity index is 1.72. The zero-order valence-corrected chi connectivity index (χ0v) is 11.9. The summed E-state index contributed by atoms with van der Waals surface area (Å²) in [5.41, 5.74) is 0.939. The zero-order valence-electron chi connectivity index (χ0n) is 11.9. The van der Waals surface area contributed by atoms with Gasteiger partial charge in [0.1, 0.15) is 11.6 Å². The molecule has 0 atom stereocenters. The SMILES string of the molecule is Cc1cc(Nc2nccc(N3CCC(C)CC3)n2)[nH]n1. The lowest BCUT2D eigenvalue weighted by Crippen LogP contribution is -2.33. The first-order valence-electron chi connectivity index (χ1n) is 7.08. The van der Waals surface area contributed by atoms with Crippen LogP contribution in [0.15, 0.2) is 18.3 Å². The van der Waals surface area contributed by atoms with Crippen LogP contribution < -0.4 is 10.2 Å². The van der Waals surface area contributed by atoms with Gasteiger partial charge in [0.25, 0.3) is 0 Å². The summed E-state index contributed by atoms with van der Waals surface area (Å²) < 4.78 is 0. The van der Waals surface area contributed by atoms with E-state index in [9.17, 15) is 0 Å². The van der Waals surface area contributed by atoms with E-state index in [2.05, 4.69) is 37.3 Å². The second kappa shape index (κ2) is 5.48. The van der Waals surface area contributed by atoms with Gasteiger partial charge in [-0.05, 0) is 31.7 Å². The van der Waals surface area contributed by atoms with Crippen LogP contribution in [0.2, 0.25) is 0 Å². The molecule has 106 valence electrons. The molecule has 0 saturated carbocycles. The highest BCUT2D eigenvalue weighted by atomic mass is 15.3. The maximum atomic E-state index is 4.58. The average Bonchev–Trinajstić information content (AvgIpc) is 2.85. The third kappa shape index (κ3) is 2.89. The molecule has 0 aliphatic carbocycles. The van der Waals surface area contributed by atoms with Gasteiger partial charge in [-0.15, -0.1) is 0 Å². The molecule has 2 aromatic rings. The summed E-state index contributed by atoms with van der Waals surface area (Å²) in [7, 11) is 0. The van der Waals surface area contributed by atoms with Crippen molar-refractivity contribution in [2.45, 2.75) is 26.7 Å². The number of aromatic nitrogens is 4. The Morgan fingerprint density at radius 1 is 1.35 bits per heavy atom. The molecule has 1 saturated heterocycles. The Kier molecular flexibility index (Phi) is 3.54. The summed E-state index contributed by atoms with van der Waals surface area (Å²) in [6.45, 7) is 6.39. The van der Waals surface area contributed by atoms with E-state index in [0.717, 1.165) is 36.3 Å². The van der Waals surface area contributed by atoms with Crippen LogP contribution >= 0.6 is 0 Å². The Labute approximate surface area is 118 Å². The Bertz CT molecular complexity index is 571. The van der Waals surface area contributed by atoms with Crippen molar-refractivity contribution in [2.24, 2.45) is 5.92 Å². The van der Waals surface area contributed by atoms with Gasteiger partial charge in [0.2, 0.25) is 5.95 Å². The number of nitrogens with one attached hydrogen (secondary N) is 2. The number of H-pyrrole nitrogens is 1.